The van der Waals surface area contributed by atoms with Crippen LogP contribution in [0, 0.1) is 6.92 Å². The van der Waals surface area contributed by atoms with Crippen molar-refractivity contribution in [1.29, 1.82) is 0 Å². The molecular weight excluding hydrogens is 224 g/mol. The molecule has 0 aliphatic carbocycles. The van der Waals surface area contributed by atoms with Crippen molar-refractivity contribution in [1.82, 2.24) is 20.0 Å². The lowest BCUT2D eigenvalue weighted by molar-refractivity contribution is 0.883. The Morgan fingerprint density at radius 3 is 2.50 bits per heavy atom. The van der Waals surface area contributed by atoms with Gasteiger partial charge < -0.3 is 0 Å². The molecular formula is C14H12N4. The Morgan fingerprint density at radius 2 is 1.72 bits per heavy atom. The Kier molecular flexibility index (Phi) is 2.61. The summed E-state index contributed by atoms with van der Waals surface area (Å²) >= 11 is 0. The molecule has 4 heteroatoms. The van der Waals surface area contributed by atoms with Gasteiger partial charge in [-0.05, 0) is 30.7 Å². The third kappa shape index (κ3) is 1.78. The normalized spacial score (nSPS) is 10.5. The zero-order valence-electron chi connectivity index (χ0n) is 9.99. The fourth-order valence-corrected chi connectivity index (χ4v) is 1.93. The van der Waals surface area contributed by atoms with E-state index in [1.165, 1.54) is 0 Å². The van der Waals surface area contributed by atoms with Crippen molar-refractivity contribution in [3.8, 4) is 16.9 Å². The first kappa shape index (κ1) is 10.7. The molecule has 0 atom stereocenters. The van der Waals surface area contributed by atoms with Gasteiger partial charge in [0, 0.05) is 5.56 Å². The van der Waals surface area contributed by atoms with E-state index in [9.17, 15) is 0 Å². The van der Waals surface area contributed by atoms with E-state index in [1.54, 1.807) is 18.6 Å². The van der Waals surface area contributed by atoms with Crippen molar-refractivity contribution >= 4 is 0 Å². The maximum absolute atomic E-state index is 4.37. The van der Waals surface area contributed by atoms with Gasteiger partial charge in [0.25, 0.3) is 0 Å². The third-order valence-corrected chi connectivity index (χ3v) is 2.85. The molecule has 2 heterocycles. The molecule has 0 radical (unpaired) electrons. The maximum atomic E-state index is 4.37. The van der Waals surface area contributed by atoms with E-state index in [1.807, 2.05) is 48.0 Å². The summed E-state index contributed by atoms with van der Waals surface area (Å²) in [6.07, 6.45) is 5.33. The quantitative estimate of drug-likeness (QED) is 0.687. The lowest BCUT2D eigenvalue weighted by atomic mass is 10.1. The van der Waals surface area contributed by atoms with Crippen molar-refractivity contribution in [3.05, 3.63) is 60.6 Å². The second-order valence-corrected chi connectivity index (χ2v) is 4.05. The largest absolute Gasteiger partial charge is 0.233 e. The van der Waals surface area contributed by atoms with Gasteiger partial charge in [-0.1, -0.05) is 18.2 Å². The van der Waals surface area contributed by atoms with E-state index in [0.717, 1.165) is 22.5 Å². The Morgan fingerprint density at radius 1 is 0.944 bits per heavy atom. The molecule has 0 spiro atoms. The lowest BCUT2D eigenvalue weighted by Gasteiger charge is -2.08. The molecule has 0 N–H and O–H groups in total. The fourth-order valence-electron chi connectivity index (χ4n) is 1.93. The molecule has 1 aromatic carbocycles. The molecule has 0 amide bonds. The van der Waals surface area contributed by atoms with Crippen molar-refractivity contribution in [3.63, 3.8) is 0 Å². The van der Waals surface area contributed by atoms with Crippen LogP contribution in [0.4, 0.5) is 0 Å². The molecule has 0 aliphatic rings. The Hall–Kier alpha value is -2.49. The Bertz CT molecular complexity index is 658. The van der Waals surface area contributed by atoms with Crippen LogP contribution < -0.4 is 0 Å². The van der Waals surface area contributed by atoms with Gasteiger partial charge in [-0.15, -0.1) is 0 Å². The predicted octanol–water partition coefficient (Wildman–Crippen LogP) is 2.64. The minimum Gasteiger partial charge on any atom is -0.233 e. The zero-order chi connectivity index (χ0) is 12.4. The van der Waals surface area contributed by atoms with E-state index < -0.39 is 0 Å². The number of aromatic nitrogens is 4. The minimum atomic E-state index is 1.02. The van der Waals surface area contributed by atoms with E-state index >= 15 is 0 Å². The summed E-state index contributed by atoms with van der Waals surface area (Å²) in [6.45, 7) is 2.02. The number of para-hydroxylation sites is 1. The number of hydrogen-bond donors (Lipinski definition) is 0. The van der Waals surface area contributed by atoms with Crippen molar-refractivity contribution in [2.24, 2.45) is 0 Å². The van der Waals surface area contributed by atoms with Crippen LogP contribution in [-0.4, -0.2) is 20.0 Å². The summed E-state index contributed by atoms with van der Waals surface area (Å²) in [7, 11) is 0. The number of rotatable bonds is 2. The third-order valence-electron chi connectivity index (χ3n) is 2.85. The van der Waals surface area contributed by atoms with E-state index in [4.69, 9.17) is 0 Å². The van der Waals surface area contributed by atoms with Crippen LogP contribution in [-0.2, 0) is 0 Å². The van der Waals surface area contributed by atoms with Crippen LogP contribution in [0.2, 0.25) is 0 Å². The molecule has 0 fully saturated rings. The summed E-state index contributed by atoms with van der Waals surface area (Å²) in [5.41, 5.74) is 4.19. The van der Waals surface area contributed by atoms with Gasteiger partial charge in [0.2, 0.25) is 0 Å². The zero-order valence-corrected chi connectivity index (χ0v) is 9.99. The van der Waals surface area contributed by atoms with Gasteiger partial charge in [0.05, 0.1) is 30.0 Å². The highest BCUT2D eigenvalue weighted by Gasteiger charge is 2.09. The summed E-state index contributed by atoms with van der Waals surface area (Å²) in [5, 5.41) is 12.2. The molecule has 0 bridgehead atoms. The number of nitrogens with zero attached hydrogens (tertiary/aromatic N) is 4. The number of hydrogen-bond acceptors (Lipinski definition) is 3. The van der Waals surface area contributed by atoms with Crippen molar-refractivity contribution in [2.45, 2.75) is 6.92 Å². The van der Waals surface area contributed by atoms with E-state index in [-0.39, 0.29) is 0 Å². The Labute approximate surface area is 105 Å². The maximum Gasteiger partial charge on any atom is 0.0760 e. The SMILES string of the molecule is Cc1cnncc1-c1ccnn1-c1ccccc1. The second-order valence-electron chi connectivity index (χ2n) is 4.05. The van der Waals surface area contributed by atoms with E-state index in [0.29, 0.717) is 0 Å². The first-order chi connectivity index (χ1) is 8.86. The minimum absolute atomic E-state index is 1.02. The molecule has 3 rings (SSSR count). The van der Waals surface area contributed by atoms with Gasteiger partial charge in [0.1, 0.15) is 0 Å². The van der Waals surface area contributed by atoms with Crippen LogP contribution in [0.25, 0.3) is 16.9 Å². The molecule has 0 aliphatic heterocycles. The van der Waals surface area contributed by atoms with Crippen LogP contribution in [0.3, 0.4) is 0 Å². The summed E-state index contributed by atoms with van der Waals surface area (Å²) in [4.78, 5) is 0. The average molecular weight is 236 g/mol. The molecule has 0 saturated heterocycles. The molecule has 2 aromatic heterocycles. The van der Waals surface area contributed by atoms with Crippen LogP contribution in [0.15, 0.2) is 55.0 Å². The van der Waals surface area contributed by atoms with Gasteiger partial charge >= 0.3 is 0 Å². The molecule has 0 saturated carbocycles. The lowest BCUT2D eigenvalue weighted by Crippen LogP contribution is -2.00. The highest BCUT2D eigenvalue weighted by atomic mass is 15.3. The predicted molar refractivity (Wildman–Crippen MR) is 69.3 cm³/mol. The van der Waals surface area contributed by atoms with Gasteiger partial charge in [-0.3, -0.25) is 0 Å². The average Bonchev–Trinajstić information content (AvgIpc) is 2.89. The smallest absolute Gasteiger partial charge is 0.0760 e. The molecule has 3 aromatic rings. The Balaban J connectivity index is 2.16. The highest BCUT2D eigenvalue weighted by Crippen LogP contribution is 2.23. The first-order valence-electron chi connectivity index (χ1n) is 5.73. The van der Waals surface area contributed by atoms with Crippen LogP contribution in [0.5, 0.6) is 0 Å². The van der Waals surface area contributed by atoms with Gasteiger partial charge in [0.15, 0.2) is 0 Å². The standard InChI is InChI=1S/C14H12N4/c1-11-9-15-16-10-13(11)14-7-8-17-18(14)12-5-3-2-4-6-12/h2-10H,1H3. The molecule has 4 nitrogen and oxygen atoms in total. The summed E-state index contributed by atoms with van der Waals surface area (Å²) in [5.74, 6) is 0. The molecule has 18 heavy (non-hydrogen) atoms. The van der Waals surface area contributed by atoms with Crippen LogP contribution in [0.1, 0.15) is 5.56 Å². The van der Waals surface area contributed by atoms with Crippen LogP contribution >= 0.6 is 0 Å². The number of aryl methyl sites for hydroxylation is 1. The highest BCUT2D eigenvalue weighted by molar-refractivity contribution is 5.63. The van der Waals surface area contributed by atoms with Gasteiger partial charge in [-0.2, -0.15) is 15.3 Å². The first-order valence-corrected chi connectivity index (χ1v) is 5.73. The summed E-state index contributed by atoms with van der Waals surface area (Å²) in [6, 6.07) is 12.0. The van der Waals surface area contributed by atoms with Crippen molar-refractivity contribution in [2.75, 3.05) is 0 Å². The molecule has 0 unspecified atom stereocenters. The van der Waals surface area contributed by atoms with E-state index in [2.05, 4.69) is 15.3 Å². The summed E-state index contributed by atoms with van der Waals surface area (Å²) < 4.78 is 1.91. The van der Waals surface area contributed by atoms with Gasteiger partial charge in [-0.25, -0.2) is 4.68 Å². The topological polar surface area (TPSA) is 43.6 Å². The molecule has 88 valence electrons. The monoisotopic (exact) mass is 236 g/mol. The fraction of sp³-hybridized carbons (Fsp3) is 0.0714. The number of benzene rings is 1. The van der Waals surface area contributed by atoms with Crippen molar-refractivity contribution < 1.29 is 0 Å². The second kappa shape index (κ2) is 4.41.